The molecule has 0 aliphatic rings. The highest BCUT2D eigenvalue weighted by Gasteiger charge is 2.24. The second-order valence-electron chi connectivity index (χ2n) is 4.75. The van der Waals surface area contributed by atoms with Crippen molar-refractivity contribution in [1.82, 2.24) is 14.5 Å². The minimum absolute atomic E-state index is 0.0111. The van der Waals surface area contributed by atoms with E-state index in [9.17, 15) is 8.42 Å². The Hall–Kier alpha value is -1.77. The van der Waals surface area contributed by atoms with Crippen molar-refractivity contribution < 1.29 is 17.9 Å². The van der Waals surface area contributed by atoms with Crippen molar-refractivity contribution >= 4 is 21.6 Å². The van der Waals surface area contributed by atoms with Gasteiger partial charge >= 0.3 is 0 Å². The Balaban J connectivity index is 1.95. The molecule has 0 spiro atoms. The summed E-state index contributed by atoms with van der Waals surface area (Å²) in [6.07, 6.45) is 0. The van der Waals surface area contributed by atoms with Crippen LogP contribution >= 0.6 is 11.6 Å². The molecule has 0 bridgehead atoms. The maximum absolute atomic E-state index is 12.3. The molecule has 1 heterocycles. The molecule has 9 heteroatoms. The third-order valence-electron chi connectivity index (χ3n) is 3.07. The first-order valence-corrected chi connectivity index (χ1v) is 8.67. The fourth-order valence-electron chi connectivity index (χ4n) is 2.02. The van der Waals surface area contributed by atoms with Crippen LogP contribution in [0, 0.1) is 6.92 Å². The summed E-state index contributed by atoms with van der Waals surface area (Å²) in [5, 5.41) is 4.07. The summed E-state index contributed by atoms with van der Waals surface area (Å²) in [5.41, 5.74) is 0.346. The van der Waals surface area contributed by atoms with Gasteiger partial charge in [0.1, 0.15) is 28.2 Å². The van der Waals surface area contributed by atoms with E-state index in [0.717, 1.165) is 0 Å². The van der Waals surface area contributed by atoms with Crippen LogP contribution in [0.1, 0.15) is 5.69 Å². The molecule has 126 valence electrons. The highest BCUT2D eigenvalue weighted by Crippen LogP contribution is 2.23. The van der Waals surface area contributed by atoms with Gasteiger partial charge in [0, 0.05) is 19.7 Å². The van der Waals surface area contributed by atoms with E-state index >= 15 is 0 Å². The number of hydrogen-bond acceptors (Lipinski definition) is 5. The minimum Gasteiger partial charge on any atom is -0.497 e. The summed E-state index contributed by atoms with van der Waals surface area (Å²) in [4.78, 5) is -0.0111. The van der Waals surface area contributed by atoms with Gasteiger partial charge in [-0.05, 0) is 19.1 Å². The smallest absolute Gasteiger partial charge is 0.245 e. The van der Waals surface area contributed by atoms with Crippen LogP contribution in [0.4, 0.5) is 0 Å². The lowest BCUT2D eigenvalue weighted by molar-refractivity contribution is 0.320. The first-order valence-electron chi connectivity index (χ1n) is 6.81. The molecule has 0 saturated heterocycles. The molecule has 23 heavy (non-hydrogen) atoms. The van der Waals surface area contributed by atoms with Gasteiger partial charge in [-0.2, -0.15) is 5.10 Å². The van der Waals surface area contributed by atoms with Crippen LogP contribution in [0.25, 0.3) is 0 Å². The largest absolute Gasteiger partial charge is 0.497 e. The van der Waals surface area contributed by atoms with Crippen molar-refractivity contribution in [2.45, 2.75) is 11.8 Å². The van der Waals surface area contributed by atoms with Gasteiger partial charge in [0.05, 0.1) is 12.8 Å². The molecule has 0 aliphatic heterocycles. The molecule has 2 aromatic rings. The number of nitrogens with one attached hydrogen (secondary N) is 1. The lowest BCUT2D eigenvalue weighted by Crippen LogP contribution is -2.28. The van der Waals surface area contributed by atoms with Crippen molar-refractivity contribution in [2.75, 3.05) is 20.3 Å². The molecule has 2 rings (SSSR count). The summed E-state index contributed by atoms with van der Waals surface area (Å²) < 4.78 is 38.9. The van der Waals surface area contributed by atoms with Gasteiger partial charge in [-0.1, -0.05) is 17.7 Å². The molecule has 0 atom stereocenters. The van der Waals surface area contributed by atoms with E-state index in [0.29, 0.717) is 17.2 Å². The van der Waals surface area contributed by atoms with Crippen LogP contribution < -0.4 is 14.2 Å². The number of benzene rings is 1. The lowest BCUT2D eigenvalue weighted by atomic mass is 10.3. The monoisotopic (exact) mass is 359 g/mol. The fraction of sp³-hybridized carbons (Fsp3) is 0.357. The van der Waals surface area contributed by atoms with E-state index in [-0.39, 0.29) is 23.2 Å². The number of halogens is 1. The van der Waals surface area contributed by atoms with Crippen molar-refractivity contribution in [3.8, 4) is 11.5 Å². The van der Waals surface area contributed by atoms with E-state index in [1.807, 2.05) is 0 Å². The summed E-state index contributed by atoms with van der Waals surface area (Å²) in [5.74, 6) is 1.26. The van der Waals surface area contributed by atoms with Crippen LogP contribution in [0.2, 0.25) is 5.15 Å². The standard InChI is InChI=1S/C14H18ClN3O4S/c1-10-13(14(15)18(2)17-10)23(19,20)16-7-8-22-12-6-4-5-11(9-12)21-3/h4-6,9,16H,7-8H2,1-3H3. The molecule has 0 aliphatic carbocycles. The van der Waals surface area contributed by atoms with Gasteiger partial charge < -0.3 is 9.47 Å². The number of ether oxygens (including phenoxy) is 2. The van der Waals surface area contributed by atoms with Gasteiger partial charge in [0.15, 0.2) is 0 Å². The molecule has 0 unspecified atom stereocenters. The second kappa shape index (κ2) is 7.20. The maximum Gasteiger partial charge on any atom is 0.245 e. The highest BCUT2D eigenvalue weighted by atomic mass is 35.5. The average Bonchev–Trinajstić information content (AvgIpc) is 2.77. The van der Waals surface area contributed by atoms with E-state index < -0.39 is 10.0 Å². The maximum atomic E-state index is 12.3. The van der Waals surface area contributed by atoms with Crippen molar-refractivity contribution in [3.63, 3.8) is 0 Å². The molecule has 0 fully saturated rings. The first kappa shape index (κ1) is 17.6. The molecular weight excluding hydrogens is 342 g/mol. The number of methoxy groups -OCH3 is 1. The van der Waals surface area contributed by atoms with Gasteiger partial charge in [-0.3, -0.25) is 4.68 Å². The minimum atomic E-state index is -3.74. The van der Waals surface area contributed by atoms with E-state index in [1.54, 1.807) is 45.3 Å². The normalized spacial score (nSPS) is 11.5. The molecule has 0 amide bonds. The zero-order chi connectivity index (χ0) is 17.0. The van der Waals surface area contributed by atoms with Crippen molar-refractivity contribution in [1.29, 1.82) is 0 Å². The molecular formula is C14H18ClN3O4S. The van der Waals surface area contributed by atoms with Crippen LogP contribution in [0.5, 0.6) is 11.5 Å². The second-order valence-corrected chi connectivity index (χ2v) is 6.82. The summed E-state index contributed by atoms with van der Waals surface area (Å²) in [6.45, 7) is 1.86. The Morgan fingerprint density at radius 1 is 1.35 bits per heavy atom. The Kier molecular flexibility index (Phi) is 5.51. The van der Waals surface area contributed by atoms with Gasteiger partial charge in [-0.25, -0.2) is 13.1 Å². The Bertz CT molecular complexity index is 789. The van der Waals surface area contributed by atoms with Crippen molar-refractivity contribution in [2.24, 2.45) is 7.05 Å². The number of aromatic nitrogens is 2. The molecule has 1 aromatic heterocycles. The highest BCUT2D eigenvalue weighted by molar-refractivity contribution is 7.89. The Morgan fingerprint density at radius 2 is 2.04 bits per heavy atom. The number of sulfonamides is 1. The third kappa shape index (κ3) is 4.15. The number of hydrogen-bond donors (Lipinski definition) is 1. The topological polar surface area (TPSA) is 82.4 Å². The molecule has 1 N–H and O–H groups in total. The first-order chi connectivity index (χ1) is 10.8. The van der Waals surface area contributed by atoms with E-state index in [2.05, 4.69) is 9.82 Å². The predicted octanol–water partition coefficient (Wildman–Crippen LogP) is 1.75. The Labute approximate surface area is 140 Å². The quantitative estimate of drug-likeness (QED) is 0.761. The Morgan fingerprint density at radius 3 is 2.65 bits per heavy atom. The predicted molar refractivity (Wildman–Crippen MR) is 86.6 cm³/mol. The number of aryl methyl sites for hydroxylation is 2. The molecule has 1 aromatic carbocycles. The summed E-state index contributed by atoms with van der Waals surface area (Å²) >= 11 is 5.98. The van der Waals surface area contributed by atoms with Crippen LogP contribution in [-0.2, 0) is 17.1 Å². The number of nitrogens with zero attached hydrogens (tertiary/aromatic N) is 2. The average molecular weight is 360 g/mol. The molecule has 0 radical (unpaired) electrons. The summed E-state index contributed by atoms with van der Waals surface area (Å²) in [6, 6.07) is 7.07. The zero-order valence-electron chi connectivity index (χ0n) is 13.0. The SMILES string of the molecule is COc1cccc(OCCNS(=O)(=O)c2c(C)nn(C)c2Cl)c1. The molecule has 0 saturated carbocycles. The van der Waals surface area contributed by atoms with Gasteiger partial charge in [0.25, 0.3) is 0 Å². The van der Waals surface area contributed by atoms with Crippen LogP contribution in [0.3, 0.4) is 0 Å². The van der Waals surface area contributed by atoms with Crippen LogP contribution in [-0.4, -0.2) is 38.5 Å². The third-order valence-corrected chi connectivity index (χ3v) is 5.23. The lowest BCUT2D eigenvalue weighted by Gasteiger charge is -2.09. The zero-order valence-corrected chi connectivity index (χ0v) is 14.6. The van der Waals surface area contributed by atoms with Gasteiger partial charge in [-0.15, -0.1) is 0 Å². The van der Waals surface area contributed by atoms with E-state index in [4.69, 9.17) is 21.1 Å². The number of rotatable bonds is 7. The summed E-state index contributed by atoms with van der Waals surface area (Å²) in [7, 11) is -0.592. The van der Waals surface area contributed by atoms with Crippen molar-refractivity contribution in [3.05, 3.63) is 35.1 Å². The van der Waals surface area contributed by atoms with Crippen LogP contribution in [0.15, 0.2) is 29.2 Å². The fourth-order valence-corrected chi connectivity index (χ4v) is 3.78. The molecule has 7 nitrogen and oxygen atoms in total. The van der Waals surface area contributed by atoms with E-state index in [1.165, 1.54) is 4.68 Å². The van der Waals surface area contributed by atoms with Gasteiger partial charge in [0.2, 0.25) is 10.0 Å².